The van der Waals surface area contributed by atoms with Crippen molar-refractivity contribution >= 4 is 17.7 Å². The summed E-state index contributed by atoms with van der Waals surface area (Å²) in [7, 11) is 0. The van der Waals surface area contributed by atoms with Gasteiger partial charge >= 0.3 is 0 Å². The van der Waals surface area contributed by atoms with Gasteiger partial charge in [-0.25, -0.2) is 0 Å². The Kier molecular flexibility index (Phi) is 3.04. The molecule has 1 fully saturated rings. The Morgan fingerprint density at radius 2 is 1.80 bits per heavy atom. The smallest absolute Gasteiger partial charge is 0.261 e. The number of carbonyl (C=O) groups excluding carboxylic acids is 3. The van der Waals surface area contributed by atoms with Gasteiger partial charge < -0.3 is 4.90 Å². The van der Waals surface area contributed by atoms with E-state index in [9.17, 15) is 14.4 Å². The zero-order valence-electron chi connectivity index (χ0n) is 11.3. The summed E-state index contributed by atoms with van der Waals surface area (Å²) in [5.41, 5.74) is 0.940. The summed E-state index contributed by atoms with van der Waals surface area (Å²) in [5, 5.41) is 0. The van der Waals surface area contributed by atoms with E-state index in [4.69, 9.17) is 0 Å². The molecule has 0 spiro atoms. The molecule has 1 unspecified atom stereocenters. The van der Waals surface area contributed by atoms with Crippen LogP contribution in [0.1, 0.15) is 40.5 Å². The molecule has 3 amide bonds. The number of imide groups is 1. The molecule has 0 aromatic heterocycles. The third-order valence-corrected chi connectivity index (χ3v) is 4.01. The third-order valence-electron chi connectivity index (χ3n) is 4.01. The third kappa shape index (κ3) is 1.81. The average Bonchev–Trinajstić information content (AvgIpc) is 3.03. The van der Waals surface area contributed by atoms with Crippen molar-refractivity contribution in [2.75, 3.05) is 13.1 Å². The van der Waals surface area contributed by atoms with Gasteiger partial charge in [0.25, 0.3) is 11.8 Å². The van der Waals surface area contributed by atoms with Crippen molar-refractivity contribution in [1.82, 2.24) is 9.80 Å². The summed E-state index contributed by atoms with van der Waals surface area (Å²) in [6, 6.07) is 6.68. The van der Waals surface area contributed by atoms with Crippen molar-refractivity contribution < 1.29 is 14.4 Å². The maximum atomic E-state index is 12.3. The van der Waals surface area contributed by atoms with E-state index in [1.807, 2.05) is 6.92 Å². The first-order chi connectivity index (χ1) is 9.63. The standard InChI is InChI=1S/C15H16N2O3/c1-2-13(18)16-8-7-10(9-16)17-14(19)11-5-3-4-6-12(11)15(17)20/h3-6,10H,2,7-9H2,1H3. The fourth-order valence-electron chi connectivity index (χ4n) is 2.94. The van der Waals surface area contributed by atoms with Gasteiger partial charge in [0.05, 0.1) is 17.2 Å². The highest BCUT2D eigenvalue weighted by molar-refractivity contribution is 6.21. The Bertz CT molecular complexity index is 562. The van der Waals surface area contributed by atoms with Crippen molar-refractivity contribution in [2.24, 2.45) is 0 Å². The first kappa shape index (κ1) is 12.8. The zero-order chi connectivity index (χ0) is 14.3. The topological polar surface area (TPSA) is 57.7 Å². The van der Waals surface area contributed by atoms with E-state index >= 15 is 0 Å². The second-order valence-electron chi connectivity index (χ2n) is 5.16. The molecule has 0 radical (unpaired) electrons. The molecular weight excluding hydrogens is 256 g/mol. The van der Waals surface area contributed by atoms with Crippen LogP contribution < -0.4 is 0 Å². The average molecular weight is 272 g/mol. The number of hydrogen-bond acceptors (Lipinski definition) is 3. The number of fused-ring (bicyclic) bond motifs is 1. The quantitative estimate of drug-likeness (QED) is 0.762. The minimum atomic E-state index is -0.235. The second kappa shape index (κ2) is 4.74. The van der Waals surface area contributed by atoms with Crippen LogP contribution in [0.4, 0.5) is 0 Å². The first-order valence-corrected chi connectivity index (χ1v) is 6.88. The number of rotatable bonds is 2. The number of likely N-dealkylation sites (tertiary alicyclic amines) is 1. The molecule has 1 aromatic rings. The molecule has 5 nitrogen and oxygen atoms in total. The Hall–Kier alpha value is -2.17. The Labute approximate surface area is 117 Å². The maximum absolute atomic E-state index is 12.3. The summed E-state index contributed by atoms with van der Waals surface area (Å²) in [6.45, 7) is 2.89. The van der Waals surface area contributed by atoms with Crippen LogP contribution in [0.3, 0.4) is 0 Å². The van der Waals surface area contributed by atoms with Gasteiger partial charge in [0.1, 0.15) is 0 Å². The van der Waals surface area contributed by atoms with Crippen molar-refractivity contribution in [3.63, 3.8) is 0 Å². The molecule has 1 atom stereocenters. The number of hydrogen-bond donors (Lipinski definition) is 0. The van der Waals surface area contributed by atoms with Gasteiger partial charge in [-0.3, -0.25) is 19.3 Å². The van der Waals surface area contributed by atoms with E-state index in [0.29, 0.717) is 37.1 Å². The van der Waals surface area contributed by atoms with Gasteiger partial charge in [0.15, 0.2) is 0 Å². The van der Waals surface area contributed by atoms with Crippen LogP contribution >= 0.6 is 0 Å². The van der Waals surface area contributed by atoms with Crippen molar-refractivity contribution in [3.05, 3.63) is 35.4 Å². The lowest BCUT2D eigenvalue weighted by Gasteiger charge is -2.22. The summed E-state index contributed by atoms with van der Waals surface area (Å²) < 4.78 is 0. The summed E-state index contributed by atoms with van der Waals surface area (Å²) in [4.78, 5) is 39.4. The fraction of sp³-hybridized carbons (Fsp3) is 0.400. The molecule has 0 saturated carbocycles. The van der Waals surface area contributed by atoms with Gasteiger partial charge in [0, 0.05) is 19.5 Å². The van der Waals surface area contributed by atoms with Gasteiger partial charge in [-0.05, 0) is 18.6 Å². The minimum absolute atomic E-state index is 0.0732. The normalized spacial score (nSPS) is 21.6. The zero-order valence-corrected chi connectivity index (χ0v) is 11.3. The number of nitrogens with zero attached hydrogens (tertiary/aromatic N) is 2. The highest BCUT2D eigenvalue weighted by Crippen LogP contribution is 2.28. The van der Waals surface area contributed by atoms with Gasteiger partial charge in [-0.1, -0.05) is 19.1 Å². The van der Waals surface area contributed by atoms with Crippen molar-refractivity contribution in [2.45, 2.75) is 25.8 Å². The van der Waals surface area contributed by atoms with E-state index in [-0.39, 0.29) is 23.8 Å². The first-order valence-electron chi connectivity index (χ1n) is 6.88. The highest BCUT2D eigenvalue weighted by atomic mass is 16.2. The molecule has 1 aromatic carbocycles. The van der Waals surface area contributed by atoms with Crippen LogP contribution in [-0.4, -0.2) is 46.7 Å². The van der Waals surface area contributed by atoms with Gasteiger partial charge in [0.2, 0.25) is 5.91 Å². The van der Waals surface area contributed by atoms with Crippen LogP contribution in [0.15, 0.2) is 24.3 Å². The molecule has 0 N–H and O–H groups in total. The molecule has 2 heterocycles. The van der Waals surface area contributed by atoms with Crippen molar-refractivity contribution in [1.29, 1.82) is 0 Å². The predicted molar refractivity (Wildman–Crippen MR) is 72.2 cm³/mol. The molecule has 2 aliphatic heterocycles. The molecule has 2 aliphatic rings. The number of benzene rings is 1. The summed E-state index contributed by atoms with van der Waals surface area (Å²) >= 11 is 0. The van der Waals surface area contributed by atoms with E-state index in [1.54, 1.807) is 29.2 Å². The van der Waals surface area contributed by atoms with Crippen LogP contribution in [0.25, 0.3) is 0 Å². The molecule has 0 bridgehead atoms. The largest absolute Gasteiger partial charge is 0.341 e. The lowest BCUT2D eigenvalue weighted by molar-refractivity contribution is -0.129. The lowest BCUT2D eigenvalue weighted by Crippen LogP contribution is -2.42. The van der Waals surface area contributed by atoms with E-state index in [2.05, 4.69) is 0 Å². The summed E-state index contributed by atoms with van der Waals surface area (Å²) in [6.07, 6.45) is 1.12. The maximum Gasteiger partial charge on any atom is 0.261 e. The monoisotopic (exact) mass is 272 g/mol. The van der Waals surface area contributed by atoms with Gasteiger partial charge in [-0.2, -0.15) is 0 Å². The minimum Gasteiger partial charge on any atom is -0.341 e. The molecule has 20 heavy (non-hydrogen) atoms. The van der Waals surface area contributed by atoms with Crippen LogP contribution in [0.2, 0.25) is 0 Å². The molecule has 5 heteroatoms. The molecule has 104 valence electrons. The fourth-order valence-corrected chi connectivity index (χ4v) is 2.94. The highest BCUT2D eigenvalue weighted by Gasteiger charge is 2.42. The Morgan fingerprint density at radius 1 is 1.20 bits per heavy atom. The SMILES string of the molecule is CCC(=O)N1CCC(N2C(=O)c3ccccc3C2=O)C1. The second-order valence-corrected chi connectivity index (χ2v) is 5.16. The van der Waals surface area contributed by atoms with E-state index in [0.717, 1.165) is 0 Å². The number of amides is 3. The Morgan fingerprint density at radius 3 is 2.35 bits per heavy atom. The number of carbonyl (C=O) groups is 3. The van der Waals surface area contributed by atoms with Crippen LogP contribution in [-0.2, 0) is 4.79 Å². The van der Waals surface area contributed by atoms with Crippen molar-refractivity contribution in [3.8, 4) is 0 Å². The predicted octanol–water partition coefficient (Wildman–Crippen LogP) is 1.29. The van der Waals surface area contributed by atoms with Gasteiger partial charge in [-0.15, -0.1) is 0 Å². The molecular formula is C15H16N2O3. The van der Waals surface area contributed by atoms with Crippen LogP contribution in [0, 0.1) is 0 Å². The molecule has 3 rings (SSSR count). The molecule has 0 aliphatic carbocycles. The van der Waals surface area contributed by atoms with E-state index in [1.165, 1.54) is 4.90 Å². The lowest BCUT2D eigenvalue weighted by atomic mass is 10.1. The Balaban J connectivity index is 1.82. The van der Waals surface area contributed by atoms with E-state index < -0.39 is 0 Å². The van der Waals surface area contributed by atoms with Crippen LogP contribution in [0.5, 0.6) is 0 Å². The molecule has 1 saturated heterocycles. The summed E-state index contributed by atoms with van der Waals surface area (Å²) in [5.74, 6) is -0.396.